The fraction of sp³-hybridized carbons (Fsp3) is 0.333. The van der Waals surface area contributed by atoms with Gasteiger partial charge in [0.1, 0.15) is 0 Å². The number of ketones is 1. The first kappa shape index (κ1) is 10.7. The molecular formula is C12H14N2O2. The van der Waals surface area contributed by atoms with Gasteiger partial charge in [-0.2, -0.15) is 0 Å². The summed E-state index contributed by atoms with van der Waals surface area (Å²) in [4.78, 5) is 23.3. The highest BCUT2D eigenvalue weighted by Crippen LogP contribution is 2.11. The number of aryl methyl sites for hydroxylation is 1. The van der Waals surface area contributed by atoms with Crippen molar-refractivity contribution in [2.45, 2.75) is 19.9 Å². The fourth-order valence-corrected chi connectivity index (χ4v) is 1.80. The number of nitrogens with zero attached hydrogens (tertiary/aromatic N) is 2. The maximum atomic E-state index is 11.9. The largest absolute Gasteiger partial charge is 0.329 e. The molecule has 0 aliphatic heterocycles. The van der Waals surface area contributed by atoms with Crippen molar-refractivity contribution in [3.63, 3.8) is 0 Å². The van der Waals surface area contributed by atoms with Crippen molar-refractivity contribution in [2.75, 3.05) is 0 Å². The molecule has 2 aromatic rings. The van der Waals surface area contributed by atoms with Gasteiger partial charge in [-0.3, -0.25) is 13.9 Å². The van der Waals surface area contributed by atoms with Gasteiger partial charge in [0.15, 0.2) is 5.78 Å². The molecule has 84 valence electrons. The first-order chi connectivity index (χ1) is 7.65. The van der Waals surface area contributed by atoms with Gasteiger partial charge < -0.3 is 0 Å². The SMILES string of the molecule is CCC(=O)Cn1c(=O)n(C)c2ccccc21. The molecule has 0 aliphatic rings. The number of rotatable bonds is 3. The molecule has 0 aliphatic carbocycles. The zero-order chi connectivity index (χ0) is 11.7. The first-order valence-electron chi connectivity index (χ1n) is 5.31. The molecule has 1 heterocycles. The van der Waals surface area contributed by atoms with Crippen molar-refractivity contribution in [1.29, 1.82) is 0 Å². The van der Waals surface area contributed by atoms with E-state index in [4.69, 9.17) is 0 Å². The molecule has 2 rings (SSSR count). The normalized spacial score (nSPS) is 10.9. The molecular weight excluding hydrogens is 204 g/mol. The highest BCUT2D eigenvalue weighted by atomic mass is 16.2. The second-order valence-corrected chi connectivity index (χ2v) is 3.81. The Morgan fingerprint density at radius 1 is 1.25 bits per heavy atom. The summed E-state index contributed by atoms with van der Waals surface area (Å²) in [5, 5.41) is 0. The third kappa shape index (κ3) is 1.56. The van der Waals surface area contributed by atoms with E-state index in [0.717, 1.165) is 11.0 Å². The second-order valence-electron chi connectivity index (χ2n) is 3.81. The summed E-state index contributed by atoms with van der Waals surface area (Å²) in [5.74, 6) is 0.0680. The number of para-hydroxylation sites is 2. The lowest BCUT2D eigenvalue weighted by molar-refractivity contribution is -0.119. The standard InChI is InChI=1S/C12H14N2O2/c1-3-9(15)8-14-11-7-5-4-6-10(11)13(2)12(14)16/h4-7H,3,8H2,1-2H3. The number of aromatic nitrogens is 2. The lowest BCUT2D eigenvalue weighted by Gasteiger charge is -1.99. The molecule has 0 unspecified atom stereocenters. The number of carbonyl (C=O) groups excluding carboxylic acids is 1. The Morgan fingerprint density at radius 2 is 1.88 bits per heavy atom. The predicted octanol–water partition coefficient (Wildman–Crippen LogP) is 1.32. The van der Waals surface area contributed by atoms with Crippen molar-refractivity contribution in [3.8, 4) is 0 Å². The van der Waals surface area contributed by atoms with Crippen LogP contribution >= 0.6 is 0 Å². The van der Waals surface area contributed by atoms with Gasteiger partial charge in [-0.1, -0.05) is 19.1 Å². The summed E-state index contributed by atoms with van der Waals surface area (Å²) in [7, 11) is 1.72. The zero-order valence-electron chi connectivity index (χ0n) is 9.43. The minimum absolute atomic E-state index is 0.0680. The maximum Gasteiger partial charge on any atom is 0.329 e. The van der Waals surface area contributed by atoms with Gasteiger partial charge in [0.2, 0.25) is 0 Å². The lowest BCUT2D eigenvalue weighted by atomic mass is 10.3. The van der Waals surface area contributed by atoms with Crippen LogP contribution in [0.1, 0.15) is 13.3 Å². The van der Waals surface area contributed by atoms with E-state index < -0.39 is 0 Å². The van der Waals surface area contributed by atoms with E-state index in [1.807, 2.05) is 24.3 Å². The summed E-state index contributed by atoms with van der Waals surface area (Å²) in [6, 6.07) is 7.49. The monoisotopic (exact) mass is 218 g/mol. The van der Waals surface area contributed by atoms with Crippen molar-refractivity contribution in [3.05, 3.63) is 34.7 Å². The van der Waals surface area contributed by atoms with Crippen LogP contribution in [-0.2, 0) is 18.4 Å². The number of carbonyl (C=O) groups is 1. The van der Waals surface area contributed by atoms with Crippen LogP contribution in [0.15, 0.2) is 29.1 Å². The van der Waals surface area contributed by atoms with Gasteiger partial charge in [0, 0.05) is 13.5 Å². The molecule has 4 nitrogen and oxygen atoms in total. The topological polar surface area (TPSA) is 44.0 Å². The van der Waals surface area contributed by atoms with Crippen molar-refractivity contribution >= 4 is 16.8 Å². The molecule has 0 saturated carbocycles. The number of fused-ring (bicyclic) bond motifs is 1. The third-order valence-corrected chi connectivity index (χ3v) is 2.78. The first-order valence-corrected chi connectivity index (χ1v) is 5.31. The Bertz CT molecular complexity index is 593. The number of benzene rings is 1. The Morgan fingerprint density at radius 3 is 2.50 bits per heavy atom. The Labute approximate surface area is 93.1 Å². The zero-order valence-corrected chi connectivity index (χ0v) is 9.43. The van der Waals surface area contributed by atoms with E-state index in [0.29, 0.717) is 6.42 Å². The minimum atomic E-state index is -0.136. The molecule has 0 N–H and O–H groups in total. The van der Waals surface area contributed by atoms with E-state index in [2.05, 4.69) is 0 Å². The summed E-state index contributed by atoms with van der Waals surface area (Å²) >= 11 is 0. The average molecular weight is 218 g/mol. The number of hydrogen-bond donors (Lipinski definition) is 0. The summed E-state index contributed by atoms with van der Waals surface area (Å²) in [6.45, 7) is 1.97. The molecule has 0 bridgehead atoms. The van der Waals surface area contributed by atoms with Crippen LogP contribution in [0.4, 0.5) is 0 Å². The molecule has 0 amide bonds. The van der Waals surface area contributed by atoms with Gasteiger partial charge in [-0.05, 0) is 12.1 Å². The van der Waals surface area contributed by atoms with Crippen LogP contribution in [0.2, 0.25) is 0 Å². The number of Topliss-reactive ketones (excluding diaryl/α,β-unsaturated/α-hetero) is 1. The maximum absolute atomic E-state index is 11.9. The van der Waals surface area contributed by atoms with Gasteiger partial charge in [-0.15, -0.1) is 0 Å². The van der Waals surface area contributed by atoms with E-state index in [9.17, 15) is 9.59 Å². The molecule has 0 saturated heterocycles. The Kier molecular flexibility index (Phi) is 2.64. The van der Waals surface area contributed by atoms with Crippen LogP contribution in [0.25, 0.3) is 11.0 Å². The smallest absolute Gasteiger partial charge is 0.298 e. The third-order valence-electron chi connectivity index (χ3n) is 2.78. The van der Waals surface area contributed by atoms with Gasteiger partial charge >= 0.3 is 5.69 Å². The fourth-order valence-electron chi connectivity index (χ4n) is 1.80. The van der Waals surface area contributed by atoms with Crippen LogP contribution in [0.3, 0.4) is 0 Å². The predicted molar refractivity (Wildman–Crippen MR) is 62.5 cm³/mol. The molecule has 4 heteroatoms. The summed E-state index contributed by atoms with van der Waals surface area (Å²) in [6.07, 6.45) is 0.454. The van der Waals surface area contributed by atoms with Crippen molar-refractivity contribution in [2.24, 2.45) is 7.05 Å². The molecule has 16 heavy (non-hydrogen) atoms. The van der Waals surface area contributed by atoms with Crippen LogP contribution in [-0.4, -0.2) is 14.9 Å². The Hall–Kier alpha value is -1.84. The van der Waals surface area contributed by atoms with E-state index >= 15 is 0 Å². The highest BCUT2D eigenvalue weighted by Gasteiger charge is 2.11. The molecule has 0 radical (unpaired) electrons. The van der Waals surface area contributed by atoms with Gasteiger partial charge in [0.05, 0.1) is 17.6 Å². The molecule has 0 spiro atoms. The van der Waals surface area contributed by atoms with Gasteiger partial charge in [-0.25, -0.2) is 4.79 Å². The second kappa shape index (κ2) is 3.96. The molecule has 1 aromatic carbocycles. The summed E-state index contributed by atoms with van der Waals surface area (Å²) < 4.78 is 3.10. The minimum Gasteiger partial charge on any atom is -0.298 e. The molecule has 0 fully saturated rings. The van der Waals surface area contributed by atoms with Crippen LogP contribution < -0.4 is 5.69 Å². The van der Waals surface area contributed by atoms with Crippen molar-refractivity contribution in [1.82, 2.24) is 9.13 Å². The van der Waals surface area contributed by atoms with E-state index in [1.165, 1.54) is 4.57 Å². The number of hydrogen-bond acceptors (Lipinski definition) is 2. The molecule has 1 aromatic heterocycles. The Balaban J connectivity index is 2.64. The van der Waals surface area contributed by atoms with Crippen LogP contribution in [0, 0.1) is 0 Å². The molecule has 0 atom stereocenters. The van der Waals surface area contributed by atoms with Gasteiger partial charge in [0.25, 0.3) is 0 Å². The van der Waals surface area contributed by atoms with Crippen LogP contribution in [0.5, 0.6) is 0 Å². The van der Waals surface area contributed by atoms with E-state index in [1.54, 1.807) is 18.5 Å². The summed E-state index contributed by atoms with van der Waals surface area (Å²) in [5.41, 5.74) is 1.54. The van der Waals surface area contributed by atoms with E-state index in [-0.39, 0.29) is 18.0 Å². The van der Waals surface area contributed by atoms with Crippen molar-refractivity contribution < 1.29 is 4.79 Å². The highest BCUT2D eigenvalue weighted by molar-refractivity contribution is 5.81. The lowest BCUT2D eigenvalue weighted by Crippen LogP contribution is -2.25. The quantitative estimate of drug-likeness (QED) is 0.779. The number of imidazole rings is 1. The average Bonchev–Trinajstić information content (AvgIpc) is 2.55.